The molecule has 1 saturated heterocycles. The maximum absolute atomic E-state index is 13.8. The van der Waals surface area contributed by atoms with E-state index in [1.165, 1.54) is 6.07 Å². The summed E-state index contributed by atoms with van der Waals surface area (Å²) in [4.78, 5) is 14.5. The fourth-order valence-electron chi connectivity index (χ4n) is 4.00. The molecule has 30 heavy (non-hydrogen) atoms. The Morgan fingerprint density at radius 1 is 1.17 bits per heavy atom. The topological polar surface area (TPSA) is 50.2 Å². The van der Waals surface area contributed by atoms with Crippen LogP contribution in [0.2, 0.25) is 10.0 Å². The number of halogens is 5. The van der Waals surface area contributed by atoms with E-state index >= 15 is 0 Å². The van der Waals surface area contributed by atoms with Gasteiger partial charge in [0, 0.05) is 25.6 Å². The molecule has 5 nitrogen and oxygen atoms in total. The minimum atomic E-state index is -4.52. The van der Waals surface area contributed by atoms with Gasteiger partial charge in [-0.25, -0.2) is 4.68 Å². The normalized spacial score (nSPS) is 22.5. The quantitative estimate of drug-likeness (QED) is 0.622. The summed E-state index contributed by atoms with van der Waals surface area (Å²) in [5.74, 6) is 0.360. The van der Waals surface area contributed by atoms with Crippen molar-refractivity contribution in [1.82, 2.24) is 14.7 Å². The van der Waals surface area contributed by atoms with Crippen LogP contribution in [0.25, 0.3) is 0 Å². The minimum absolute atomic E-state index is 0.0242. The number of hydrogen-bond donors (Lipinski definition) is 1. The highest BCUT2D eigenvalue weighted by Gasteiger charge is 2.47. The Bertz CT molecular complexity index is 954. The van der Waals surface area contributed by atoms with Crippen LogP contribution in [0, 0.1) is 5.92 Å². The first-order chi connectivity index (χ1) is 14.1. The number of amides is 1. The molecule has 0 aliphatic carbocycles. The number of carbonyl (C=O) groups is 1. The maximum Gasteiger partial charge on any atom is 0.410 e. The summed E-state index contributed by atoms with van der Waals surface area (Å²) in [5.41, 5.74) is 0.611. The molecule has 162 valence electrons. The Morgan fingerprint density at radius 3 is 2.50 bits per heavy atom. The van der Waals surface area contributed by atoms with Gasteiger partial charge in [0.25, 0.3) is 5.91 Å². The molecule has 0 radical (unpaired) electrons. The first kappa shape index (κ1) is 21.3. The first-order valence-corrected chi connectivity index (χ1v) is 10.6. The molecule has 1 aromatic carbocycles. The number of nitrogens with one attached hydrogen (secondary N) is 1. The minimum Gasteiger partial charge on any atom is -0.363 e. The van der Waals surface area contributed by atoms with Gasteiger partial charge in [0.2, 0.25) is 0 Å². The van der Waals surface area contributed by atoms with Crippen LogP contribution in [0.1, 0.15) is 54.3 Å². The molecule has 0 saturated carbocycles. The van der Waals surface area contributed by atoms with E-state index in [1.54, 1.807) is 23.1 Å². The standard InChI is InChI=1S/C20H21Cl2F3N4O/c1-11-4-6-28(7-5-11)19(30)16-10-18-26-15(12-2-3-13(21)14(22)8-12)9-17(20(23,24)25)29(18)27-16/h2-3,8,10-11,15,17,26H,4-7,9H2,1H3/t15-,17-/m0/s1. The van der Waals surface area contributed by atoms with Gasteiger partial charge >= 0.3 is 6.18 Å². The molecule has 1 amide bonds. The maximum atomic E-state index is 13.8. The molecule has 2 aliphatic heterocycles. The Morgan fingerprint density at radius 2 is 1.87 bits per heavy atom. The van der Waals surface area contributed by atoms with Crippen LogP contribution in [-0.2, 0) is 0 Å². The summed E-state index contributed by atoms with van der Waals surface area (Å²) in [6.07, 6.45) is -3.03. The Labute approximate surface area is 182 Å². The third-order valence-corrected chi connectivity index (χ3v) is 6.56. The molecule has 0 spiro atoms. The zero-order valence-electron chi connectivity index (χ0n) is 16.2. The van der Waals surface area contributed by atoms with Crippen LogP contribution in [0.4, 0.5) is 19.0 Å². The third kappa shape index (κ3) is 4.12. The zero-order chi connectivity index (χ0) is 21.6. The Hall–Kier alpha value is -1.93. The lowest BCUT2D eigenvalue weighted by Gasteiger charge is -2.33. The molecular formula is C20H21Cl2F3N4O. The monoisotopic (exact) mass is 460 g/mol. The van der Waals surface area contributed by atoms with E-state index in [-0.39, 0.29) is 28.9 Å². The number of rotatable bonds is 2. The van der Waals surface area contributed by atoms with Gasteiger partial charge in [0.05, 0.1) is 16.1 Å². The lowest BCUT2D eigenvalue weighted by molar-refractivity contribution is -0.173. The molecule has 1 N–H and O–H groups in total. The summed E-state index contributed by atoms with van der Waals surface area (Å²) < 4.78 is 42.4. The SMILES string of the molecule is CC1CCN(C(=O)c2cc3n(n2)[C@H](C(F)(F)F)C[C@@H](c2ccc(Cl)c(Cl)c2)N3)CC1. The van der Waals surface area contributed by atoms with Gasteiger partial charge in [-0.3, -0.25) is 4.79 Å². The summed E-state index contributed by atoms with van der Waals surface area (Å²) in [7, 11) is 0. The molecule has 2 aromatic rings. The average Bonchev–Trinajstić information content (AvgIpc) is 3.12. The number of fused-ring (bicyclic) bond motifs is 1. The fraction of sp³-hybridized carbons (Fsp3) is 0.500. The first-order valence-electron chi connectivity index (χ1n) is 9.80. The molecular weight excluding hydrogens is 440 g/mol. The summed E-state index contributed by atoms with van der Waals surface area (Å²) in [6.45, 7) is 3.30. The molecule has 2 aliphatic rings. The number of alkyl halides is 3. The lowest BCUT2D eigenvalue weighted by atomic mass is 9.97. The molecule has 10 heteroatoms. The van der Waals surface area contributed by atoms with Crippen molar-refractivity contribution in [3.05, 3.63) is 45.6 Å². The Kier molecular flexibility index (Phi) is 5.66. The molecule has 2 atom stereocenters. The van der Waals surface area contributed by atoms with E-state index in [0.29, 0.717) is 29.6 Å². The molecule has 1 fully saturated rings. The highest BCUT2D eigenvalue weighted by molar-refractivity contribution is 6.42. The number of nitrogens with zero attached hydrogens (tertiary/aromatic N) is 3. The zero-order valence-corrected chi connectivity index (χ0v) is 17.7. The van der Waals surface area contributed by atoms with Crippen molar-refractivity contribution in [2.24, 2.45) is 5.92 Å². The summed E-state index contributed by atoms with van der Waals surface area (Å²) >= 11 is 12.0. The Balaban J connectivity index is 1.64. The van der Waals surface area contributed by atoms with Gasteiger partial charge in [0.1, 0.15) is 5.82 Å². The van der Waals surface area contributed by atoms with Gasteiger partial charge in [0.15, 0.2) is 11.7 Å². The number of carbonyl (C=O) groups excluding carboxylic acids is 1. The van der Waals surface area contributed by atoms with Crippen LogP contribution < -0.4 is 5.32 Å². The van der Waals surface area contributed by atoms with Gasteiger partial charge in [-0.15, -0.1) is 0 Å². The van der Waals surface area contributed by atoms with Crippen molar-refractivity contribution >= 4 is 34.9 Å². The molecule has 4 rings (SSSR count). The van der Waals surface area contributed by atoms with Crippen LogP contribution in [0.5, 0.6) is 0 Å². The second kappa shape index (κ2) is 7.96. The smallest absolute Gasteiger partial charge is 0.363 e. The van der Waals surface area contributed by atoms with Gasteiger partial charge in [-0.05, 0) is 36.5 Å². The summed E-state index contributed by atoms with van der Waals surface area (Å²) in [6, 6.07) is 3.67. The number of likely N-dealkylation sites (tertiary alicyclic amines) is 1. The predicted molar refractivity (Wildman–Crippen MR) is 109 cm³/mol. The van der Waals surface area contributed by atoms with Crippen molar-refractivity contribution < 1.29 is 18.0 Å². The highest BCUT2D eigenvalue weighted by atomic mass is 35.5. The van der Waals surface area contributed by atoms with E-state index in [1.807, 2.05) is 0 Å². The number of benzene rings is 1. The van der Waals surface area contributed by atoms with Gasteiger partial charge in [-0.1, -0.05) is 36.2 Å². The van der Waals surface area contributed by atoms with Crippen molar-refractivity contribution in [2.75, 3.05) is 18.4 Å². The van der Waals surface area contributed by atoms with E-state index in [9.17, 15) is 18.0 Å². The fourth-order valence-corrected chi connectivity index (χ4v) is 4.31. The lowest BCUT2D eigenvalue weighted by Crippen LogP contribution is -2.38. The summed E-state index contributed by atoms with van der Waals surface area (Å²) in [5, 5.41) is 7.73. The van der Waals surface area contributed by atoms with Crippen molar-refractivity contribution in [2.45, 2.75) is 44.4 Å². The van der Waals surface area contributed by atoms with Gasteiger partial charge in [-0.2, -0.15) is 18.3 Å². The highest BCUT2D eigenvalue weighted by Crippen LogP contribution is 2.44. The van der Waals surface area contributed by atoms with Gasteiger partial charge < -0.3 is 10.2 Å². The number of piperidine rings is 1. The predicted octanol–water partition coefficient (Wildman–Crippen LogP) is 5.72. The molecule has 3 heterocycles. The number of hydrogen-bond acceptors (Lipinski definition) is 3. The largest absolute Gasteiger partial charge is 0.410 e. The average molecular weight is 461 g/mol. The molecule has 0 unspecified atom stereocenters. The number of aromatic nitrogens is 2. The van der Waals surface area contributed by atoms with Crippen molar-refractivity contribution in [3.63, 3.8) is 0 Å². The van der Waals surface area contributed by atoms with E-state index in [4.69, 9.17) is 23.2 Å². The van der Waals surface area contributed by atoms with Crippen LogP contribution in [0.3, 0.4) is 0 Å². The van der Waals surface area contributed by atoms with Crippen LogP contribution in [-0.4, -0.2) is 39.9 Å². The molecule has 1 aromatic heterocycles. The van der Waals surface area contributed by atoms with E-state index in [2.05, 4.69) is 17.3 Å². The van der Waals surface area contributed by atoms with Crippen molar-refractivity contribution in [1.29, 1.82) is 0 Å². The third-order valence-electron chi connectivity index (χ3n) is 5.83. The van der Waals surface area contributed by atoms with Crippen molar-refractivity contribution in [3.8, 4) is 0 Å². The molecule has 0 bridgehead atoms. The van der Waals surface area contributed by atoms with E-state index < -0.39 is 18.3 Å². The second-order valence-electron chi connectivity index (χ2n) is 8.00. The second-order valence-corrected chi connectivity index (χ2v) is 8.81. The number of anilines is 1. The van der Waals surface area contributed by atoms with E-state index in [0.717, 1.165) is 17.5 Å². The van der Waals surface area contributed by atoms with Crippen LogP contribution in [0.15, 0.2) is 24.3 Å². The van der Waals surface area contributed by atoms with Crippen LogP contribution >= 0.6 is 23.2 Å².